The average molecular weight is 479 g/mol. The molecule has 4 N–H and O–H groups in total. The number of hydrogen-bond donors (Lipinski definition) is 4. The lowest BCUT2D eigenvalue weighted by Crippen LogP contribution is -2.45. The molecule has 0 atom stereocenters. The predicted octanol–water partition coefficient (Wildman–Crippen LogP) is 4.01. The van der Waals surface area contributed by atoms with Gasteiger partial charge in [-0.25, -0.2) is 19.5 Å². The first kappa shape index (κ1) is 21.9. The summed E-state index contributed by atoms with van der Waals surface area (Å²) in [7, 11) is 0. The Morgan fingerprint density at radius 1 is 0.917 bits per heavy atom. The van der Waals surface area contributed by atoms with Crippen LogP contribution in [0.2, 0.25) is 0 Å². The van der Waals surface area contributed by atoms with Crippen molar-refractivity contribution in [2.24, 2.45) is 5.92 Å². The number of hydrogen-bond acceptors (Lipinski definition) is 9. The fraction of sp³-hybridized carbons (Fsp3) is 0.192. The van der Waals surface area contributed by atoms with E-state index in [0.717, 1.165) is 42.2 Å². The first-order valence-corrected chi connectivity index (χ1v) is 11.9. The van der Waals surface area contributed by atoms with Crippen molar-refractivity contribution < 1.29 is 0 Å². The number of benzene rings is 1. The molecule has 10 nitrogen and oxygen atoms in total. The van der Waals surface area contributed by atoms with Gasteiger partial charge < -0.3 is 21.3 Å². The van der Waals surface area contributed by atoms with Crippen LogP contribution in [0.15, 0.2) is 73.1 Å². The molecule has 10 heteroatoms. The second-order valence-electron chi connectivity index (χ2n) is 8.78. The molecule has 0 spiro atoms. The second kappa shape index (κ2) is 9.59. The van der Waals surface area contributed by atoms with Crippen LogP contribution in [0.25, 0.3) is 17.0 Å². The number of aryl methyl sites for hydroxylation is 1. The molecule has 6 rings (SSSR count). The van der Waals surface area contributed by atoms with Crippen molar-refractivity contribution in [3.8, 4) is 11.5 Å². The molecule has 1 aliphatic heterocycles. The van der Waals surface area contributed by atoms with E-state index in [9.17, 15) is 0 Å². The van der Waals surface area contributed by atoms with Gasteiger partial charge in [-0.2, -0.15) is 4.98 Å². The van der Waals surface area contributed by atoms with Crippen LogP contribution in [0.1, 0.15) is 5.69 Å². The van der Waals surface area contributed by atoms with Crippen molar-refractivity contribution in [2.45, 2.75) is 6.92 Å². The van der Waals surface area contributed by atoms with Crippen molar-refractivity contribution in [3.05, 3.63) is 78.8 Å². The van der Waals surface area contributed by atoms with E-state index >= 15 is 0 Å². The van der Waals surface area contributed by atoms with Gasteiger partial charge in [-0.3, -0.25) is 0 Å². The largest absolute Gasteiger partial charge is 0.385 e. The van der Waals surface area contributed by atoms with E-state index in [0.29, 0.717) is 35.0 Å². The van der Waals surface area contributed by atoms with Gasteiger partial charge in [0.2, 0.25) is 11.8 Å². The van der Waals surface area contributed by atoms with E-state index in [1.807, 2.05) is 55.6 Å². The maximum Gasteiger partial charge on any atom is 0.229 e. The molecule has 1 aromatic carbocycles. The number of pyridine rings is 1. The fourth-order valence-electron chi connectivity index (χ4n) is 3.97. The highest BCUT2D eigenvalue weighted by atomic mass is 15.3. The number of fused-ring (bicyclic) bond motifs is 1. The molecule has 5 heterocycles. The zero-order chi connectivity index (χ0) is 24.3. The van der Waals surface area contributed by atoms with Crippen molar-refractivity contribution in [2.75, 3.05) is 35.6 Å². The highest BCUT2D eigenvalue weighted by Gasteiger charge is 2.16. The topological polar surface area (TPSA) is 117 Å². The highest BCUT2D eigenvalue weighted by Crippen LogP contribution is 2.24. The van der Waals surface area contributed by atoms with Gasteiger partial charge in [0.15, 0.2) is 5.82 Å². The lowest BCUT2D eigenvalue weighted by molar-refractivity contribution is 0.365. The molecule has 36 heavy (non-hydrogen) atoms. The summed E-state index contributed by atoms with van der Waals surface area (Å²) in [5.41, 5.74) is 4.46. The first-order valence-electron chi connectivity index (χ1n) is 11.9. The van der Waals surface area contributed by atoms with E-state index in [1.165, 1.54) is 0 Å². The molecule has 1 aliphatic rings. The van der Waals surface area contributed by atoms with Crippen molar-refractivity contribution in [3.63, 3.8) is 0 Å². The van der Waals surface area contributed by atoms with E-state index in [-0.39, 0.29) is 0 Å². The van der Waals surface area contributed by atoms with Crippen molar-refractivity contribution in [1.82, 2.24) is 34.9 Å². The Labute approximate surface area is 208 Å². The van der Waals surface area contributed by atoms with E-state index in [1.54, 1.807) is 16.8 Å². The van der Waals surface area contributed by atoms with Gasteiger partial charge >= 0.3 is 0 Å². The maximum absolute atomic E-state index is 4.75. The standard InChI is InChI=1S/C26H26N10/c1-17-4-2-5-21(30-17)24-34-25(22-6-3-13-36(22)35-24)32-23-11-12-28-26(33-23)31-20-9-7-19(8-10-20)29-16-18-14-27-15-18/h2-13,18,27,29H,14-16H2,1H3,(H2,28,31,32,33,34,35). The number of nitrogens with one attached hydrogen (secondary N) is 4. The van der Waals surface area contributed by atoms with Gasteiger partial charge in [0.1, 0.15) is 17.0 Å². The monoisotopic (exact) mass is 478 g/mol. The Balaban J connectivity index is 1.20. The summed E-state index contributed by atoms with van der Waals surface area (Å²) < 4.78 is 1.78. The molecule has 1 saturated heterocycles. The van der Waals surface area contributed by atoms with E-state index in [2.05, 4.69) is 53.5 Å². The molecule has 1 fully saturated rings. The van der Waals surface area contributed by atoms with Gasteiger partial charge in [0.05, 0.1) is 0 Å². The smallest absolute Gasteiger partial charge is 0.229 e. The Morgan fingerprint density at radius 3 is 2.58 bits per heavy atom. The van der Waals surface area contributed by atoms with Crippen LogP contribution in [-0.4, -0.2) is 49.2 Å². The van der Waals surface area contributed by atoms with Crippen molar-refractivity contribution >= 4 is 34.5 Å². The molecule has 0 unspecified atom stereocenters. The quantitative estimate of drug-likeness (QED) is 0.262. The third kappa shape index (κ3) is 4.80. The first-order chi connectivity index (χ1) is 17.7. The average Bonchev–Trinajstić information content (AvgIpc) is 3.34. The van der Waals surface area contributed by atoms with Gasteiger partial charge in [0.25, 0.3) is 0 Å². The van der Waals surface area contributed by atoms with Gasteiger partial charge in [-0.1, -0.05) is 6.07 Å². The zero-order valence-corrected chi connectivity index (χ0v) is 19.8. The Hall–Kier alpha value is -4.57. The predicted molar refractivity (Wildman–Crippen MR) is 141 cm³/mol. The zero-order valence-electron chi connectivity index (χ0n) is 19.8. The Morgan fingerprint density at radius 2 is 1.78 bits per heavy atom. The summed E-state index contributed by atoms with van der Waals surface area (Å²) in [6.07, 6.45) is 3.59. The lowest BCUT2D eigenvalue weighted by Gasteiger charge is -2.27. The van der Waals surface area contributed by atoms with Gasteiger partial charge in [-0.05, 0) is 61.5 Å². The molecule has 5 aromatic rings. The SMILES string of the molecule is Cc1cccc(-c2nc(Nc3ccnc(Nc4ccc(NCC5CNC5)cc4)n3)c3cccn3n2)n1. The summed E-state index contributed by atoms with van der Waals surface area (Å²) >= 11 is 0. The van der Waals surface area contributed by atoms with Crippen LogP contribution in [0.4, 0.5) is 29.0 Å². The van der Waals surface area contributed by atoms with E-state index < -0.39 is 0 Å². The molecule has 180 valence electrons. The minimum Gasteiger partial charge on any atom is -0.385 e. The molecule has 0 aliphatic carbocycles. The van der Waals surface area contributed by atoms with Crippen LogP contribution < -0.4 is 21.3 Å². The molecule has 0 amide bonds. The van der Waals surface area contributed by atoms with Crippen LogP contribution in [0.3, 0.4) is 0 Å². The number of anilines is 5. The molecule has 4 aromatic heterocycles. The minimum absolute atomic E-state index is 0.488. The normalized spacial score (nSPS) is 13.4. The summed E-state index contributed by atoms with van der Waals surface area (Å²) in [5, 5.41) is 18.0. The van der Waals surface area contributed by atoms with Crippen LogP contribution in [-0.2, 0) is 0 Å². The summed E-state index contributed by atoms with van der Waals surface area (Å²) in [4.78, 5) is 18.3. The summed E-state index contributed by atoms with van der Waals surface area (Å²) in [5.74, 6) is 2.97. The van der Waals surface area contributed by atoms with Crippen LogP contribution >= 0.6 is 0 Å². The molecular formula is C26H26N10. The Kier molecular flexibility index (Phi) is 5.84. The van der Waals surface area contributed by atoms with Gasteiger partial charge in [-0.15, -0.1) is 5.10 Å². The summed E-state index contributed by atoms with van der Waals surface area (Å²) in [6.45, 7) is 5.10. The maximum atomic E-state index is 4.75. The molecule has 0 bridgehead atoms. The van der Waals surface area contributed by atoms with Gasteiger partial charge in [0, 0.05) is 55.0 Å². The second-order valence-corrected chi connectivity index (χ2v) is 8.78. The third-order valence-corrected chi connectivity index (χ3v) is 6.01. The molecular weight excluding hydrogens is 452 g/mol. The number of nitrogens with zero attached hydrogens (tertiary/aromatic N) is 6. The van der Waals surface area contributed by atoms with E-state index in [4.69, 9.17) is 4.98 Å². The third-order valence-electron chi connectivity index (χ3n) is 6.01. The number of rotatable bonds is 8. The fourth-order valence-corrected chi connectivity index (χ4v) is 3.97. The summed E-state index contributed by atoms with van der Waals surface area (Å²) in [6, 6.07) is 19.6. The van der Waals surface area contributed by atoms with Crippen LogP contribution in [0, 0.1) is 12.8 Å². The van der Waals surface area contributed by atoms with Crippen LogP contribution in [0.5, 0.6) is 0 Å². The molecule has 0 radical (unpaired) electrons. The number of aromatic nitrogens is 6. The Bertz CT molecular complexity index is 1490. The minimum atomic E-state index is 0.488. The lowest BCUT2D eigenvalue weighted by atomic mass is 10.0. The van der Waals surface area contributed by atoms with Crippen molar-refractivity contribution in [1.29, 1.82) is 0 Å². The highest BCUT2D eigenvalue weighted by molar-refractivity contribution is 5.74. The molecule has 0 saturated carbocycles.